The predicted molar refractivity (Wildman–Crippen MR) is 236 cm³/mol. The molecule has 268 valence electrons. The first-order valence-electron chi connectivity index (χ1n) is 19.8. The molecule has 1 N–H and O–H groups in total. The summed E-state index contributed by atoms with van der Waals surface area (Å²) < 4.78 is 0. The number of aromatic nitrogens is 1. The Kier molecular flexibility index (Phi) is 6.98. The van der Waals surface area contributed by atoms with Crippen molar-refractivity contribution in [2.24, 2.45) is 0 Å². The van der Waals surface area contributed by atoms with Gasteiger partial charge < -0.3 is 9.88 Å². The molecule has 2 aliphatic carbocycles. The number of aromatic amines is 1. The lowest BCUT2D eigenvalue weighted by atomic mass is 9.81. The lowest BCUT2D eigenvalue weighted by Crippen LogP contribution is -2.16. The molecule has 0 spiro atoms. The van der Waals surface area contributed by atoms with Crippen molar-refractivity contribution in [3.8, 4) is 44.5 Å². The highest BCUT2D eigenvalue weighted by atomic mass is 15.1. The van der Waals surface area contributed by atoms with Crippen LogP contribution in [0.15, 0.2) is 176 Å². The average molecular weight is 719 g/mol. The molecule has 9 aromatic rings. The molecule has 0 saturated heterocycles. The van der Waals surface area contributed by atoms with Gasteiger partial charge in [-0.1, -0.05) is 155 Å². The second kappa shape index (κ2) is 11.9. The molecule has 1 heterocycles. The van der Waals surface area contributed by atoms with E-state index in [0.717, 1.165) is 28.1 Å². The van der Waals surface area contributed by atoms with E-state index in [9.17, 15) is 0 Å². The van der Waals surface area contributed by atoms with Crippen LogP contribution in [0.5, 0.6) is 0 Å². The zero-order chi connectivity index (χ0) is 37.8. The number of hydrogen-bond donors (Lipinski definition) is 1. The van der Waals surface area contributed by atoms with Crippen molar-refractivity contribution in [3.63, 3.8) is 0 Å². The Bertz CT molecular complexity index is 3020. The number of benzene rings is 8. The molecule has 8 aromatic carbocycles. The summed E-state index contributed by atoms with van der Waals surface area (Å²) in [5.41, 5.74) is 21.2. The van der Waals surface area contributed by atoms with Crippen LogP contribution in [0.2, 0.25) is 0 Å². The number of nitrogens with zero attached hydrogens (tertiary/aromatic N) is 1. The van der Waals surface area contributed by atoms with Crippen LogP contribution in [-0.2, 0) is 10.8 Å². The number of para-hydroxylation sites is 1. The van der Waals surface area contributed by atoms with E-state index in [1.54, 1.807) is 0 Å². The molecule has 56 heavy (non-hydrogen) atoms. The molecule has 0 aliphatic heterocycles. The van der Waals surface area contributed by atoms with Crippen LogP contribution in [0, 0.1) is 0 Å². The monoisotopic (exact) mass is 718 g/mol. The highest BCUT2D eigenvalue weighted by Gasteiger charge is 2.37. The summed E-state index contributed by atoms with van der Waals surface area (Å²) in [5.74, 6) is 0. The summed E-state index contributed by atoms with van der Waals surface area (Å²) in [4.78, 5) is 6.32. The Labute approximate surface area is 328 Å². The van der Waals surface area contributed by atoms with E-state index in [-0.39, 0.29) is 10.8 Å². The van der Waals surface area contributed by atoms with Crippen molar-refractivity contribution in [1.29, 1.82) is 0 Å². The molecule has 0 unspecified atom stereocenters. The third-order valence-corrected chi connectivity index (χ3v) is 12.8. The lowest BCUT2D eigenvalue weighted by Gasteiger charge is -2.29. The van der Waals surface area contributed by atoms with Crippen LogP contribution in [-0.4, -0.2) is 4.98 Å². The summed E-state index contributed by atoms with van der Waals surface area (Å²) >= 11 is 0. The maximum atomic E-state index is 3.86. The van der Waals surface area contributed by atoms with Gasteiger partial charge in [0.15, 0.2) is 0 Å². The number of rotatable bonds is 5. The first kappa shape index (κ1) is 32.8. The topological polar surface area (TPSA) is 19.0 Å². The number of nitrogens with one attached hydrogen (secondary N) is 1. The minimum Gasteiger partial charge on any atom is -0.354 e. The Morgan fingerprint density at radius 2 is 0.893 bits per heavy atom. The second-order valence-electron chi connectivity index (χ2n) is 16.7. The zero-order valence-corrected chi connectivity index (χ0v) is 32.2. The Hall–Kier alpha value is -6.64. The second-order valence-corrected chi connectivity index (χ2v) is 16.7. The minimum atomic E-state index is -0.120. The predicted octanol–water partition coefficient (Wildman–Crippen LogP) is 14.7. The van der Waals surface area contributed by atoms with Crippen molar-refractivity contribution in [1.82, 2.24) is 4.98 Å². The minimum absolute atomic E-state index is 0.0968. The molecule has 2 aliphatic rings. The van der Waals surface area contributed by atoms with Crippen LogP contribution in [0.25, 0.3) is 66.3 Å². The highest BCUT2D eigenvalue weighted by molar-refractivity contribution is 6.14. The summed E-state index contributed by atoms with van der Waals surface area (Å²) in [6.07, 6.45) is 0. The van der Waals surface area contributed by atoms with Gasteiger partial charge in [0.25, 0.3) is 0 Å². The fraction of sp³-hybridized carbons (Fsp3) is 0.111. The molecule has 0 saturated carbocycles. The number of hydrogen-bond acceptors (Lipinski definition) is 1. The van der Waals surface area contributed by atoms with Gasteiger partial charge >= 0.3 is 0 Å². The first-order valence-corrected chi connectivity index (χ1v) is 19.8. The molecule has 2 heteroatoms. The van der Waals surface area contributed by atoms with Crippen LogP contribution >= 0.6 is 0 Å². The van der Waals surface area contributed by atoms with Crippen molar-refractivity contribution >= 4 is 38.9 Å². The third kappa shape index (κ3) is 4.75. The van der Waals surface area contributed by atoms with Crippen molar-refractivity contribution in [3.05, 3.63) is 198 Å². The molecular formula is C54H42N2. The molecule has 11 rings (SSSR count). The van der Waals surface area contributed by atoms with E-state index in [1.165, 1.54) is 77.5 Å². The van der Waals surface area contributed by atoms with E-state index >= 15 is 0 Å². The van der Waals surface area contributed by atoms with E-state index in [4.69, 9.17) is 0 Å². The van der Waals surface area contributed by atoms with E-state index in [0.29, 0.717) is 0 Å². The molecule has 2 nitrogen and oxygen atoms in total. The summed E-state index contributed by atoms with van der Waals surface area (Å²) in [6, 6.07) is 65.3. The Morgan fingerprint density at radius 3 is 1.61 bits per heavy atom. The number of fused-ring (bicyclic) bond motifs is 9. The van der Waals surface area contributed by atoms with E-state index in [1.807, 2.05) is 0 Å². The largest absolute Gasteiger partial charge is 0.354 e. The quantitative estimate of drug-likeness (QED) is 0.188. The Morgan fingerprint density at radius 1 is 0.357 bits per heavy atom. The first-order chi connectivity index (χ1) is 27.3. The van der Waals surface area contributed by atoms with Gasteiger partial charge in [0.2, 0.25) is 0 Å². The third-order valence-electron chi connectivity index (χ3n) is 12.8. The van der Waals surface area contributed by atoms with Crippen LogP contribution in [0.4, 0.5) is 17.1 Å². The zero-order valence-electron chi connectivity index (χ0n) is 32.2. The molecule has 0 amide bonds. The van der Waals surface area contributed by atoms with Crippen molar-refractivity contribution in [2.75, 3.05) is 4.90 Å². The Balaban J connectivity index is 1.15. The maximum Gasteiger partial charge on any atom is 0.0546 e. The van der Waals surface area contributed by atoms with Crippen molar-refractivity contribution in [2.45, 2.75) is 38.5 Å². The van der Waals surface area contributed by atoms with E-state index in [2.05, 4.69) is 214 Å². The number of anilines is 3. The van der Waals surface area contributed by atoms with Gasteiger partial charge in [-0.15, -0.1) is 0 Å². The summed E-state index contributed by atoms with van der Waals surface area (Å²) in [7, 11) is 0. The van der Waals surface area contributed by atoms with Gasteiger partial charge in [0, 0.05) is 49.7 Å². The highest BCUT2D eigenvalue weighted by Crippen LogP contribution is 2.53. The van der Waals surface area contributed by atoms with Gasteiger partial charge in [-0.25, -0.2) is 0 Å². The summed E-state index contributed by atoms with van der Waals surface area (Å²) in [5, 5.41) is 2.44. The lowest BCUT2D eigenvalue weighted by molar-refractivity contribution is 0.660. The molecular weight excluding hydrogens is 677 g/mol. The molecule has 0 fully saturated rings. The van der Waals surface area contributed by atoms with Gasteiger partial charge in [0.1, 0.15) is 0 Å². The summed E-state index contributed by atoms with van der Waals surface area (Å²) in [6.45, 7) is 9.46. The van der Waals surface area contributed by atoms with E-state index < -0.39 is 0 Å². The molecule has 0 radical (unpaired) electrons. The average Bonchev–Trinajstić information content (AvgIpc) is 3.81. The maximum absolute atomic E-state index is 3.86. The smallest absolute Gasteiger partial charge is 0.0546 e. The van der Waals surface area contributed by atoms with Gasteiger partial charge in [0.05, 0.1) is 5.52 Å². The standard InChI is InChI=1S/C54H42N2/c1-53(2)47-19-11-8-16-40(47)42-28-24-36(30-49(42)53)45-31-39(32-46-44-18-10-13-21-51(44)55-52(45)46)56(37-25-22-35(23-26-37)34-14-6-5-7-15-34)38-27-29-43-41-17-9-12-20-48(41)54(3,4)50(43)33-38/h5-33,55H,1-4H3. The fourth-order valence-corrected chi connectivity index (χ4v) is 9.88. The molecule has 0 atom stereocenters. The fourth-order valence-electron chi connectivity index (χ4n) is 9.88. The van der Waals surface area contributed by atoms with Crippen molar-refractivity contribution < 1.29 is 0 Å². The SMILES string of the molecule is CC1(C)c2ccccc2-c2ccc(-c3cc(N(c4ccc(-c5ccccc5)cc4)c4ccc5c(c4)C(C)(C)c4ccccc4-5)cc4c3[nH]c3ccccc34)cc21. The number of H-pyrrole nitrogens is 1. The van der Waals surface area contributed by atoms with Gasteiger partial charge in [-0.2, -0.15) is 0 Å². The van der Waals surface area contributed by atoms with Crippen LogP contribution in [0.3, 0.4) is 0 Å². The van der Waals surface area contributed by atoms with Gasteiger partial charge in [-0.05, 0) is 110 Å². The molecule has 0 bridgehead atoms. The molecule has 1 aromatic heterocycles. The van der Waals surface area contributed by atoms with Crippen LogP contribution < -0.4 is 4.90 Å². The van der Waals surface area contributed by atoms with Gasteiger partial charge in [-0.3, -0.25) is 0 Å². The van der Waals surface area contributed by atoms with Crippen LogP contribution in [0.1, 0.15) is 49.9 Å². The normalized spacial score (nSPS) is 14.4.